The lowest BCUT2D eigenvalue weighted by Gasteiger charge is -2.20. The Kier molecular flexibility index (Phi) is 5.61. The second kappa shape index (κ2) is 7.50. The van der Waals surface area contributed by atoms with E-state index >= 15 is 0 Å². The topological polar surface area (TPSA) is 101 Å². The van der Waals surface area contributed by atoms with Gasteiger partial charge in [0.1, 0.15) is 6.04 Å². The van der Waals surface area contributed by atoms with E-state index in [-0.39, 0.29) is 11.1 Å². The summed E-state index contributed by atoms with van der Waals surface area (Å²) in [5, 5.41) is 0. The fourth-order valence-electron chi connectivity index (χ4n) is 3.31. The van der Waals surface area contributed by atoms with Crippen LogP contribution in [-0.4, -0.2) is 43.8 Å². The highest BCUT2D eigenvalue weighted by Crippen LogP contribution is 2.33. The Hall–Kier alpha value is -2.64. The maximum atomic E-state index is 12.6. The summed E-state index contributed by atoms with van der Waals surface area (Å²) in [5.41, 5.74) is 0.328. The van der Waals surface area contributed by atoms with Crippen molar-refractivity contribution in [1.82, 2.24) is 4.57 Å². The minimum absolute atomic E-state index is 0.144. The average Bonchev–Trinajstić information content (AvgIpc) is 3.06. The van der Waals surface area contributed by atoms with Crippen LogP contribution in [-0.2, 0) is 30.2 Å². The van der Waals surface area contributed by atoms with Gasteiger partial charge >= 0.3 is 17.9 Å². The SMILES string of the molecule is CCC(C(=O)OC)c1cc(=O)n2c(c1C(=O)OC)CCC2C(=O)OC. The fourth-order valence-corrected chi connectivity index (χ4v) is 3.31. The molecule has 0 saturated carbocycles. The number of methoxy groups -OCH3 is 3. The minimum Gasteiger partial charge on any atom is -0.469 e. The number of aromatic nitrogens is 1. The van der Waals surface area contributed by atoms with E-state index in [4.69, 9.17) is 14.2 Å². The van der Waals surface area contributed by atoms with Crippen LogP contribution >= 0.6 is 0 Å². The number of hydrogen-bond donors (Lipinski definition) is 0. The molecule has 0 bridgehead atoms. The van der Waals surface area contributed by atoms with Gasteiger partial charge in [-0.1, -0.05) is 6.92 Å². The monoisotopic (exact) mass is 351 g/mol. The molecule has 0 saturated heterocycles. The molecule has 2 atom stereocenters. The molecule has 25 heavy (non-hydrogen) atoms. The van der Waals surface area contributed by atoms with Gasteiger partial charge < -0.3 is 14.2 Å². The molecule has 0 radical (unpaired) electrons. The number of nitrogens with zero attached hydrogens (tertiary/aromatic N) is 1. The first kappa shape index (κ1) is 18.7. The number of carbonyl (C=O) groups is 3. The van der Waals surface area contributed by atoms with Crippen molar-refractivity contribution in [3.05, 3.63) is 33.2 Å². The highest BCUT2D eigenvalue weighted by atomic mass is 16.5. The second-order valence-corrected chi connectivity index (χ2v) is 5.68. The molecular formula is C17H21NO7. The number of hydrogen-bond acceptors (Lipinski definition) is 7. The van der Waals surface area contributed by atoms with Gasteiger partial charge in [0.05, 0.1) is 32.8 Å². The lowest BCUT2D eigenvalue weighted by Crippen LogP contribution is -2.32. The van der Waals surface area contributed by atoms with E-state index in [0.717, 1.165) is 0 Å². The van der Waals surface area contributed by atoms with Crippen LogP contribution in [0.15, 0.2) is 10.9 Å². The highest BCUT2D eigenvalue weighted by molar-refractivity contribution is 5.95. The molecule has 0 fully saturated rings. The van der Waals surface area contributed by atoms with E-state index in [2.05, 4.69) is 0 Å². The number of esters is 3. The van der Waals surface area contributed by atoms with Gasteiger partial charge in [0.2, 0.25) is 0 Å². The van der Waals surface area contributed by atoms with Crippen molar-refractivity contribution in [2.75, 3.05) is 21.3 Å². The number of fused-ring (bicyclic) bond motifs is 1. The predicted octanol–water partition coefficient (Wildman–Crippen LogP) is 0.962. The van der Waals surface area contributed by atoms with Crippen molar-refractivity contribution in [3.63, 3.8) is 0 Å². The van der Waals surface area contributed by atoms with Crippen LogP contribution in [0.25, 0.3) is 0 Å². The summed E-state index contributed by atoms with van der Waals surface area (Å²) in [4.78, 5) is 49.0. The smallest absolute Gasteiger partial charge is 0.339 e. The minimum atomic E-state index is -0.789. The lowest BCUT2D eigenvalue weighted by molar-refractivity contribution is -0.144. The largest absolute Gasteiger partial charge is 0.469 e. The Labute approximate surface area is 144 Å². The molecule has 8 nitrogen and oxygen atoms in total. The molecule has 8 heteroatoms. The Bertz CT molecular complexity index is 765. The highest BCUT2D eigenvalue weighted by Gasteiger charge is 2.37. The molecule has 2 unspecified atom stereocenters. The van der Waals surface area contributed by atoms with Crippen LogP contribution in [0.4, 0.5) is 0 Å². The molecule has 1 aromatic heterocycles. The lowest BCUT2D eigenvalue weighted by atomic mass is 9.91. The predicted molar refractivity (Wildman–Crippen MR) is 86.5 cm³/mol. The quantitative estimate of drug-likeness (QED) is 0.575. The normalized spacial score (nSPS) is 16.7. The Morgan fingerprint density at radius 2 is 1.88 bits per heavy atom. The van der Waals surface area contributed by atoms with Gasteiger partial charge in [-0.15, -0.1) is 0 Å². The van der Waals surface area contributed by atoms with Crippen LogP contribution < -0.4 is 5.56 Å². The molecule has 1 aliphatic heterocycles. The van der Waals surface area contributed by atoms with Crippen LogP contribution in [0, 0.1) is 0 Å². The molecule has 0 aromatic carbocycles. The van der Waals surface area contributed by atoms with Gasteiger partial charge in [-0.2, -0.15) is 0 Å². The van der Waals surface area contributed by atoms with Crippen LogP contribution in [0.1, 0.15) is 53.3 Å². The number of ether oxygens (including phenoxy) is 3. The molecular weight excluding hydrogens is 330 g/mol. The first-order valence-electron chi connectivity index (χ1n) is 7.93. The van der Waals surface area contributed by atoms with E-state index in [9.17, 15) is 19.2 Å². The zero-order valence-corrected chi connectivity index (χ0v) is 14.7. The zero-order chi connectivity index (χ0) is 18.7. The standard InChI is InChI=1S/C17H21NO7/c1-5-9(15(20)23-2)10-8-13(19)18-11(14(10)17(22)25-4)6-7-12(18)16(21)24-3/h8-9,12H,5-7H2,1-4H3. The van der Waals surface area contributed by atoms with Gasteiger partial charge in [0.15, 0.2) is 0 Å². The average molecular weight is 351 g/mol. The van der Waals surface area contributed by atoms with Crippen molar-refractivity contribution in [1.29, 1.82) is 0 Å². The van der Waals surface area contributed by atoms with Gasteiger partial charge in [-0.3, -0.25) is 14.2 Å². The Morgan fingerprint density at radius 3 is 2.40 bits per heavy atom. The summed E-state index contributed by atoms with van der Waals surface area (Å²) in [6, 6.07) is 0.422. The number of rotatable bonds is 5. The van der Waals surface area contributed by atoms with Crippen molar-refractivity contribution in [2.24, 2.45) is 0 Å². The molecule has 2 rings (SSSR count). The van der Waals surface area contributed by atoms with Gasteiger partial charge in [0.25, 0.3) is 5.56 Å². The molecule has 0 aliphatic carbocycles. The van der Waals surface area contributed by atoms with E-state index in [1.165, 1.54) is 32.0 Å². The van der Waals surface area contributed by atoms with Crippen molar-refractivity contribution in [3.8, 4) is 0 Å². The first-order valence-corrected chi connectivity index (χ1v) is 7.93. The summed E-state index contributed by atoms with van der Waals surface area (Å²) in [6.07, 6.45) is 1.01. The molecule has 0 N–H and O–H groups in total. The summed E-state index contributed by atoms with van der Waals surface area (Å²) in [6.45, 7) is 1.75. The van der Waals surface area contributed by atoms with Crippen molar-refractivity contribution in [2.45, 2.75) is 38.1 Å². The van der Waals surface area contributed by atoms with Crippen molar-refractivity contribution < 1.29 is 28.6 Å². The van der Waals surface area contributed by atoms with Crippen LogP contribution in [0.3, 0.4) is 0 Å². The van der Waals surface area contributed by atoms with E-state index in [0.29, 0.717) is 25.0 Å². The Morgan fingerprint density at radius 1 is 1.20 bits per heavy atom. The molecule has 1 aromatic rings. The third-order valence-electron chi connectivity index (χ3n) is 4.48. The third-order valence-corrected chi connectivity index (χ3v) is 4.48. The number of pyridine rings is 1. The molecule has 1 aliphatic rings. The van der Waals surface area contributed by atoms with E-state index < -0.39 is 35.4 Å². The summed E-state index contributed by atoms with van der Waals surface area (Å²) < 4.78 is 15.6. The zero-order valence-electron chi connectivity index (χ0n) is 14.7. The maximum Gasteiger partial charge on any atom is 0.339 e. The molecule has 136 valence electrons. The second-order valence-electron chi connectivity index (χ2n) is 5.68. The summed E-state index contributed by atoms with van der Waals surface area (Å²) >= 11 is 0. The molecule has 0 amide bonds. The van der Waals surface area contributed by atoms with Gasteiger partial charge in [-0.05, 0) is 24.8 Å². The fraction of sp³-hybridized carbons (Fsp3) is 0.529. The Balaban J connectivity index is 2.74. The number of carbonyl (C=O) groups excluding carboxylic acids is 3. The van der Waals surface area contributed by atoms with E-state index in [1.807, 2.05) is 0 Å². The van der Waals surface area contributed by atoms with Crippen LogP contribution in [0.2, 0.25) is 0 Å². The van der Waals surface area contributed by atoms with Gasteiger partial charge in [-0.25, -0.2) is 9.59 Å². The first-order chi connectivity index (χ1) is 11.9. The van der Waals surface area contributed by atoms with Crippen LogP contribution in [0.5, 0.6) is 0 Å². The third kappa shape index (κ3) is 3.16. The maximum absolute atomic E-state index is 12.6. The molecule has 2 heterocycles. The van der Waals surface area contributed by atoms with Gasteiger partial charge in [0, 0.05) is 11.8 Å². The summed E-state index contributed by atoms with van der Waals surface area (Å²) in [7, 11) is 3.71. The molecule has 0 spiro atoms. The van der Waals surface area contributed by atoms with E-state index in [1.54, 1.807) is 6.92 Å². The van der Waals surface area contributed by atoms with Crippen molar-refractivity contribution >= 4 is 17.9 Å². The summed E-state index contributed by atoms with van der Waals surface area (Å²) in [5.74, 6) is -2.52.